The molecule has 0 aromatic rings. The zero-order valence-corrected chi connectivity index (χ0v) is 9.70. The van der Waals surface area contributed by atoms with E-state index in [0.717, 1.165) is 0 Å². The highest BCUT2D eigenvalue weighted by Crippen LogP contribution is 2.05. The second kappa shape index (κ2) is 5.62. The van der Waals surface area contributed by atoms with Crippen LogP contribution in [0.5, 0.6) is 0 Å². The second-order valence-corrected chi connectivity index (χ2v) is 3.46. The summed E-state index contributed by atoms with van der Waals surface area (Å²) in [4.78, 5) is 26.4. The van der Waals surface area contributed by atoms with E-state index in [1.54, 1.807) is 25.9 Å². The third-order valence-corrected chi connectivity index (χ3v) is 2.26. The number of nitrogens with zero attached hydrogens (tertiary/aromatic N) is 2. The second-order valence-electron chi connectivity index (χ2n) is 3.46. The molecule has 0 saturated heterocycles. The summed E-state index contributed by atoms with van der Waals surface area (Å²) >= 11 is 0. The van der Waals surface area contributed by atoms with Crippen molar-refractivity contribution in [1.82, 2.24) is 9.80 Å². The van der Waals surface area contributed by atoms with E-state index >= 15 is 0 Å². The summed E-state index contributed by atoms with van der Waals surface area (Å²) in [5.74, 6) is -0.791. The minimum atomic E-state index is -0.565. The van der Waals surface area contributed by atoms with E-state index in [9.17, 15) is 9.59 Å². The van der Waals surface area contributed by atoms with Crippen LogP contribution in [0.1, 0.15) is 20.8 Å². The van der Waals surface area contributed by atoms with Gasteiger partial charge in [-0.05, 0) is 20.8 Å². The zero-order valence-electron chi connectivity index (χ0n) is 9.70. The molecule has 4 nitrogen and oxygen atoms in total. The van der Waals surface area contributed by atoms with Crippen LogP contribution in [0, 0.1) is 5.92 Å². The molecule has 0 spiro atoms. The average molecular weight is 200 g/mol. The Bertz CT molecular complexity index is 210. The van der Waals surface area contributed by atoms with Gasteiger partial charge >= 0.3 is 0 Å². The van der Waals surface area contributed by atoms with Gasteiger partial charge in [-0.1, -0.05) is 0 Å². The number of rotatable bonds is 4. The fourth-order valence-corrected chi connectivity index (χ4v) is 1.30. The Kier molecular flexibility index (Phi) is 5.20. The van der Waals surface area contributed by atoms with Crippen molar-refractivity contribution in [3.63, 3.8) is 0 Å². The van der Waals surface area contributed by atoms with Gasteiger partial charge in [0.2, 0.25) is 11.8 Å². The van der Waals surface area contributed by atoms with Crippen LogP contribution in [-0.2, 0) is 9.59 Å². The maximum absolute atomic E-state index is 11.7. The zero-order chi connectivity index (χ0) is 11.3. The Balaban J connectivity index is 4.45. The fourth-order valence-electron chi connectivity index (χ4n) is 1.30. The maximum Gasteiger partial charge on any atom is 0.234 e. The summed E-state index contributed by atoms with van der Waals surface area (Å²) in [6.45, 7) is 6.78. The van der Waals surface area contributed by atoms with E-state index < -0.39 is 5.92 Å². The van der Waals surface area contributed by atoms with Crippen LogP contribution in [0.2, 0.25) is 0 Å². The molecule has 0 heterocycles. The molecule has 1 atom stereocenters. The van der Waals surface area contributed by atoms with Crippen molar-refractivity contribution >= 4 is 11.8 Å². The first kappa shape index (κ1) is 12.9. The highest BCUT2D eigenvalue weighted by molar-refractivity contribution is 5.99. The summed E-state index contributed by atoms with van der Waals surface area (Å²) in [7, 11) is 3.32. The van der Waals surface area contributed by atoms with Gasteiger partial charge in [-0.25, -0.2) is 0 Å². The number of hydrogen-bond acceptors (Lipinski definition) is 2. The molecule has 0 N–H and O–H groups in total. The molecule has 0 radical (unpaired) electrons. The lowest BCUT2D eigenvalue weighted by atomic mass is 10.1. The highest BCUT2D eigenvalue weighted by Gasteiger charge is 2.25. The molecule has 4 heteroatoms. The van der Waals surface area contributed by atoms with Crippen LogP contribution in [0.4, 0.5) is 0 Å². The summed E-state index contributed by atoms with van der Waals surface area (Å²) in [5.41, 5.74) is 0. The SMILES string of the molecule is CCN(CC)C(=O)C(C)C(=O)N(C)C. The molecule has 0 aliphatic carbocycles. The normalized spacial score (nSPS) is 12.1. The van der Waals surface area contributed by atoms with Crippen LogP contribution >= 0.6 is 0 Å². The summed E-state index contributed by atoms with van der Waals surface area (Å²) in [5, 5.41) is 0. The summed E-state index contributed by atoms with van der Waals surface area (Å²) in [6, 6.07) is 0. The smallest absolute Gasteiger partial charge is 0.234 e. The minimum Gasteiger partial charge on any atom is -0.348 e. The van der Waals surface area contributed by atoms with Crippen molar-refractivity contribution in [2.24, 2.45) is 5.92 Å². The van der Waals surface area contributed by atoms with Crippen molar-refractivity contribution in [2.45, 2.75) is 20.8 Å². The monoisotopic (exact) mass is 200 g/mol. The molecule has 0 aromatic heterocycles. The van der Waals surface area contributed by atoms with Gasteiger partial charge in [0.1, 0.15) is 5.92 Å². The predicted octanol–water partition coefficient (Wildman–Crippen LogP) is 0.579. The lowest BCUT2D eigenvalue weighted by Gasteiger charge is -2.24. The third kappa shape index (κ3) is 3.01. The van der Waals surface area contributed by atoms with E-state index in [1.165, 1.54) is 4.90 Å². The van der Waals surface area contributed by atoms with Gasteiger partial charge in [0.15, 0.2) is 0 Å². The van der Waals surface area contributed by atoms with E-state index in [1.807, 2.05) is 13.8 Å². The topological polar surface area (TPSA) is 40.6 Å². The lowest BCUT2D eigenvalue weighted by Crippen LogP contribution is -2.41. The molecule has 2 amide bonds. The molecule has 0 aliphatic rings. The van der Waals surface area contributed by atoms with Crippen LogP contribution in [-0.4, -0.2) is 48.8 Å². The van der Waals surface area contributed by atoms with Crippen molar-refractivity contribution in [3.05, 3.63) is 0 Å². The molecule has 1 unspecified atom stereocenters. The lowest BCUT2D eigenvalue weighted by molar-refractivity contribution is -0.144. The van der Waals surface area contributed by atoms with Crippen LogP contribution in [0.25, 0.3) is 0 Å². The first-order chi connectivity index (χ1) is 6.45. The van der Waals surface area contributed by atoms with E-state index in [0.29, 0.717) is 13.1 Å². The van der Waals surface area contributed by atoms with E-state index in [-0.39, 0.29) is 11.8 Å². The first-order valence-corrected chi connectivity index (χ1v) is 4.95. The molecule has 0 aliphatic heterocycles. The summed E-state index contributed by atoms with van der Waals surface area (Å²) < 4.78 is 0. The number of amides is 2. The molecule has 0 aromatic carbocycles. The highest BCUT2D eigenvalue weighted by atomic mass is 16.2. The maximum atomic E-state index is 11.7. The van der Waals surface area contributed by atoms with Crippen molar-refractivity contribution in [1.29, 1.82) is 0 Å². The minimum absolute atomic E-state index is 0.0892. The number of carbonyl (C=O) groups is 2. The molecule has 0 bridgehead atoms. The van der Waals surface area contributed by atoms with Gasteiger partial charge < -0.3 is 9.80 Å². The Hall–Kier alpha value is -1.06. The van der Waals surface area contributed by atoms with Crippen LogP contribution < -0.4 is 0 Å². The van der Waals surface area contributed by atoms with E-state index in [4.69, 9.17) is 0 Å². The molecule has 0 rings (SSSR count). The van der Waals surface area contributed by atoms with Crippen molar-refractivity contribution in [3.8, 4) is 0 Å². The Morgan fingerprint density at radius 3 is 1.79 bits per heavy atom. The molecule has 14 heavy (non-hydrogen) atoms. The molecule has 0 fully saturated rings. The summed E-state index contributed by atoms with van der Waals surface area (Å²) in [6.07, 6.45) is 0. The number of carbonyl (C=O) groups excluding carboxylic acids is 2. The van der Waals surface area contributed by atoms with Gasteiger partial charge in [0.05, 0.1) is 0 Å². The third-order valence-electron chi connectivity index (χ3n) is 2.26. The van der Waals surface area contributed by atoms with E-state index in [2.05, 4.69) is 0 Å². The van der Waals surface area contributed by atoms with Gasteiger partial charge in [0, 0.05) is 27.2 Å². The van der Waals surface area contributed by atoms with Gasteiger partial charge in [-0.15, -0.1) is 0 Å². The fraction of sp³-hybridized carbons (Fsp3) is 0.800. The Morgan fingerprint density at radius 1 is 1.07 bits per heavy atom. The molecular formula is C10H20N2O2. The predicted molar refractivity (Wildman–Crippen MR) is 55.8 cm³/mol. The Morgan fingerprint density at radius 2 is 1.50 bits per heavy atom. The first-order valence-electron chi connectivity index (χ1n) is 4.95. The van der Waals surface area contributed by atoms with Gasteiger partial charge in [0.25, 0.3) is 0 Å². The molecule has 82 valence electrons. The standard InChI is InChI=1S/C10H20N2O2/c1-6-12(7-2)10(14)8(3)9(13)11(4)5/h8H,6-7H2,1-5H3. The quantitative estimate of drug-likeness (QED) is 0.623. The van der Waals surface area contributed by atoms with Gasteiger partial charge in [-0.2, -0.15) is 0 Å². The Labute approximate surface area is 85.9 Å². The average Bonchev–Trinajstić information content (AvgIpc) is 2.17. The van der Waals surface area contributed by atoms with Crippen LogP contribution in [0.3, 0.4) is 0 Å². The molecular weight excluding hydrogens is 180 g/mol. The van der Waals surface area contributed by atoms with Crippen molar-refractivity contribution in [2.75, 3.05) is 27.2 Å². The molecule has 0 saturated carbocycles. The largest absolute Gasteiger partial charge is 0.348 e. The number of hydrogen-bond donors (Lipinski definition) is 0. The van der Waals surface area contributed by atoms with Crippen molar-refractivity contribution < 1.29 is 9.59 Å². The van der Waals surface area contributed by atoms with Gasteiger partial charge in [-0.3, -0.25) is 9.59 Å². The van der Waals surface area contributed by atoms with Crippen LogP contribution in [0.15, 0.2) is 0 Å².